The number of thiazole rings is 1. The lowest BCUT2D eigenvalue weighted by Gasteiger charge is -2.56. The number of hydrogen-bond acceptors (Lipinski definition) is 6. The zero-order valence-corrected chi connectivity index (χ0v) is 19.2. The van der Waals surface area contributed by atoms with Crippen molar-refractivity contribution in [2.45, 2.75) is 62.4 Å². The van der Waals surface area contributed by atoms with Crippen LogP contribution >= 0.6 is 23.1 Å². The predicted octanol–water partition coefficient (Wildman–Crippen LogP) is 4.58. The van der Waals surface area contributed by atoms with E-state index >= 15 is 0 Å². The number of rotatable bonds is 7. The molecule has 0 spiro atoms. The first-order valence-corrected chi connectivity index (χ1v) is 13.1. The SMILES string of the molecule is C=CCn1c(CC23CC4CC(CC(C4)C2)C3)nnc1SCc1cc(=O)n2ccsc2n1. The summed E-state index contributed by atoms with van der Waals surface area (Å²) in [4.78, 5) is 17.6. The van der Waals surface area contributed by atoms with Crippen molar-refractivity contribution < 1.29 is 0 Å². The van der Waals surface area contributed by atoms with Crippen molar-refractivity contribution >= 4 is 28.1 Å². The first-order valence-electron chi connectivity index (χ1n) is 11.2. The molecular weight excluding hydrogens is 426 g/mol. The monoisotopic (exact) mass is 453 g/mol. The van der Waals surface area contributed by atoms with Crippen LogP contribution in [0, 0.1) is 23.2 Å². The van der Waals surface area contributed by atoms with E-state index < -0.39 is 0 Å². The van der Waals surface area contributed by atoms with Crippen LogP contribution in [0.4, 0.5) is 0 Å². The van der Waals surface area contributed by atoms with Crippen LogP contribution in [0.1, 0.15) is 50.0 Å². The Morgan fingerprint density at radius 3 is 2.65 bits per heavy atom. The fraction of sp³-hybridized carbons (Fsp3) is 0.565. The maximum absolute atomic E-state index is 12.3. The van der Waals surface area contributed by atoms with E-state index in [0.717, 1.165) is 52.4 Å². The van der Waals surface area contributed by atoms with Gasteiger partial charge in [-0.2, -0.15) is 0 Å². The molecular formula is C23H27N5OS2. The summed E-state index contributed by atoms with van der Waals surface area (Å²) in [5.74, 6) is 4.52. The maximum Gasteiger partial charge on any atom is 0.258 e. The lowest BCUT2D eigenvalue weighted by Crippen LogP contribution is -2.47. The summed E-state index contributed by atoms with van der Waals surface area (Å²) in [5, 5.41) is 12.0. The zero-order valence-electron chi connectivity index (χ0n) is 17.6. The molecule has 0 N–H and O–H groups in total. The van der Waals surface area contributed by atoms with Crippen molar-refractivity contribution in [1.29, 1.82) is 0 Å². The third kappa shape index (κ3) is 3.57. The van der Waals surface area contributed by atoms with Crippen molar-refractivity contribution in [1.82, 2.24) is 24.1 Å². The van der Waals surface area contributed by atoms with Gasteiger partial charge in [0.15, 0.2) is 10.1 Å². The van der Waals surface area contributed by atoms with E-state index in [0.29, 0.717) is 11.2 Å². The normalized spacial score (nSPS) is 29.1. The minimum absolute atomic E-state index is 0.0306. The smallest absolute Gasteiger partial charge is 0.258 e. The van der Waals surface area contributed by atoms with Gasteiger partial charge in [-0.3, -0.25) is 9.20 Å². The van der Waals surface area contributed by atoms with Crippen molar-refractivity contribution in [3.63, 3.8) is 0 Å². The second kappa shape index (κ2) is 7.59. The molecule has 7 rings (SSSR count). The van der Waals surface area contributed by atoms with Gasteiger partial charge in [0.1, 0.15) is 5.82 Å². The molecule has 31 heavy (non-hydrogen) atoms. The van der Waals surface area contributed by atoms with Gasteiger partial charge in [0.25, 0.3) is 5.56 Å². The first kappa shape index (κ1) is 19.7. The third-order valence-electron chi connectivity index (χ3n) is 7.51. The van der Waals surface area contributed by atoms with Gasteiger partial charge in [-0.1, -0.05) is 17.8 Å². The predicted molar refractivity (Wildman–Crippen MR) is 123 cm³/mol. The Hall–Kier alpha value is -1.93. The Labute approximate surface area is 189 Å². The van der Waals surface area contributed by atoms with Crippen LogP contribution in [0.2, 0.25) is 0 Å². The van der Waals surface area contributed by atoms with E-state index in [1.165, 1.54) is 49.9 Å². The Bertz CT molecular complexity index is 1160. The minimum Gasteiger partial charge on any atom is -0.302 e. The highest BCUT2D eigenvalue weighted by atomic mass is 32.2. The molecule has 3 aromatic rings. The molecule has 4 fully saturated rings. The Morgan fingerprint density at radius 2 is 1.94 bits per heavy atom. The summed E-state index contributed by atoms with van der Waals surface area (Å²) in [6, 6.07) is 1.62. The van der Waals surface area contributed by atoms with Crippen molar-refractivity contribution in [2.24, 2.45) is 23.2 Å². The molecule has 162 valence electrons. The second-order valence-electron chi connectivity index (χ2n) is 9.82. The largest absolute Gasteiger partial charge is 0.302 e. The molecule has 0 atom stereocenters. The molecule has 4 saturated carbocycles. The number of hydrogen-bond donors (Lipinski definition) is 0. The highest BCUT2D eigenvalue weighted by Crippen LogP contribution is 2.61. The average molecular weight is 454 g/mol. The standard InChI is InChI=1S/C23H27N5OS2/c1-2-3-27-19(13-23-10-15-6-16(11-23)8-17(7-15)12-23)25-26-22(27)31-14-18-9-20(29)28-4-5-30-21(28)24-18/h2,4-5,9,15-17H,1,3,6-8,10-14H2. The van der Waals surface area contributed by atoms with Crippen molar-refractivity contribution in [3.05, 3.63) is 52.2 Å². The highest BCUT2D eigenvalue weighted by Gasteiger charge is 2.51. The van der Waals surface area contributed by atoms with Gasteiger partial charge in [0.2, 0.25) is 0 Å². The van der Waals surface area contributed by atoms with Crippen molar-refractivity contribution in [3.8, 4) is 0 Å². The summed E-state index contributed by atoms with van der Waals surface area (Å²) < 4.78 is 3.81. The van der Waals surface area contributed by atoms with Crippen LogP contribution in [0.15, 0.2) is 40.2 Å². The molecule has 0 amide bonds. The Balaban J connectivity index is 1.23. The highest BCUT2D eigenvalue weighted by molar-refractivity contribution is 7.98. The molecule has 8 heteroatoms. The molecule has 0 radical (unpaired) electrons. The first-order chi connectivity index (χ1) is 15.1. The van der Waals surface area contributed by atoms with Crippen LogP contribution in [0.25, 0.3) is 4.96 Å². The van der Waals surface area contributed by atoms with E-state index in [4.69, 9.17) is 0 Å². The second-order valence-corrected chi connectivity index (χ2v) is 11.6. The van der Waals surface area contributed by atoms with Gasteiger partial charge in [-0.05, 0) is 61.7 Å². The molecule has 0 aliphatic heterocycles. The van der Waals surface area contributed by atoms with Crippen LogP contribution in [0.5, 0.6) is 0 Å². The molecule has 0 saturated heterocycles. The number of nitrogens with zero attached hydrogens (tertiary/aromatic N) is 5. The zero-order chi connectivity index (χ0) is 21.0. The quantitative estimate of drug-likeness (QED) is 0.387. The molecule has 0 unspecified atom stereocenters. The van der Waals surface area contributed by atoms with Gasteiger partial charge in [0, 0.05) is 36.4 Å². The Morgan fingerprint density at radius 1 is 1.19 bits per heavy atom. The third-order valence-corrected chi connectivity index (χ3v) is 9.27. The molecule has 4 bridgehead atoms. The van der Waals surface area contributed by atoms with E-state index in [1.807, 2.05) is 11.5 Å². The molecule has 4 aliphatic carbocycles. The lowest BCUT2D eigenvalue weighted by molar-refractivity contribution is -0.0535. The van der Waals surface area contributed by atoms with Gasteiger partial charge < -0.3 is 4.57 Å². The van der Waals surface area contributed by atoms with Crippen LogP contribution in [-0.2, 0) is 18.7 Å². The Kier molecular flexibility index (Phi) is 4.83. The van der Waals surface area contributed by atoms with Crippen molar-refractivity contribution in [2.75, 3.05) is 0 Å². The van der Waals surface area contributed by atoms with E-state index in [-0.39, 0.29) is 5.56 Å². The number of aromatic nitrogens is 5. The minimum atomic E-state index is -0.0306. The van der Waals surface area contributed by atoms with E-state index in [2.05, 4.69) is 26.3 Å². The fourth-order valence-corrected chi connectivity index (χ4v) is 8.41. The van der Waals surface area contributed by atoms with Gasteiger partial charge in [-0.15, -0.1) is 28.1 Å². The molecule has 3 aromatic heterocycles. The van der Waals surface area contributed by atoms with Gasteiger partial charge >= 0.3 is 0 Å². The van der Waals surface area contributed by atoms with E-state index in [9.17, 15) is 4.79 Å². The maximum atomic E-state index is 12.3. The molecule has 3 heterocycles. The summed E-state index contributed by atoms with van der Waals surface area (Å²) in [5.41, 5.74) is 1.19. The van der Waals surface area contributed by atoms with Crippen LogP contribution in [-0.4, -0.2) is 24.1 Å². The summed E-state index contributed by atoms with van der Waals surface area (Å²) >= 11 is 3.09. The van der Waals surface area contributed by atoms with Crippen LogP contribution in [0.3, 0.4) is 0 Å². The molecule has 0 aromatic carbocycles. The average Bonchev–Trinajstić information content (AvgIpc) is 3.33. The van der Waals surface area contributed by atoms with Crippen LogP contribution < -0.4 is 5.56 Å². The number of thioether (sulfide) groups is 1. The summed E-state index contributed by atoms with van der Waals surface area (Å²) in [7, 11) is 0. The topological polar surface area (TPSA) is 65.1 Å². The molecule has 4 aliphatic rings. The fourth-order valence-electron chi connectivity index (χ4n) is 6.81. The molecule has 6 nitrogen and oxygen atoms in total. The van der Waals surface area contributed by atoms with E-state index in [1.54, 1.807) is 28.4 Å². The van der Waals surface area contributed by atoms with Gasteiger partial charge in [0.05, 0.1) is 5.69 Å². The number of fused-ring (bicyclic) bond motifs is 1. The summed E-state index contributed by atoms with van der Waals surface area (Å²) in [6.07, 6.45) is 13.2. The summed E-state index contributed by atoms with van der Waals surface area (Å²) in [6.45, 7) is 4.68. The van der Waals surface area contributed by atoms with Gasteiger partial charge in [-0.25, -0.2) is 4.98 Å². The number of allylic oxidation sites excluding steroid dienone is 1. The lowest BCUT2D eigenvalue weighted by atomic mass is 9.49.